The molecular formula is C23H24ClF4N7O. The van der Waals surface area contributed by atoms with Crippen molar-refractivity contribution in [1.82, 2.24) is 24.7 Å². The monoisotopic (exact) mass is 525 g/mol. The van der Waals surface area contributed by atoms with Gasteiger partial charge in [0.15, 0.2) is 0 Å². The van der Waals surface area contributed by atoms with Crippen LogP contribution in [-0.2, 0) is 6.54 Å². The lowest BCUT2D eigenvalue weighted by Crippen LogP contribution is -2.48. The number of hydrogen-bond acceptors (Lipinski definition) is 7. The minimum absolute atomic E-state index is 0.0146. The van der Waals surface area contributed by atoms with Crippen LogP contribution >= 0.6 is 11.6 Å². The predicted molar refractivity (Wildman–Crippen MR) is 125 cm³/mol. The standard InChI is InChI=1S/C23H24ClF4N7O/c1-13-6-19(30-12-29-13)34-10-14-2-3-15(11-34)20(14)31-21-32-22(35(33-21)5-4-23(26,27)28)36-18-8-16(24)7-17(25)9-18/h6-9,12,14-15,20H,2-5,10-11H2,1H3,(H,31,33)/t14-,15+,20-. The number of aryl methyl sites for hydroxylation is 2. The van der Waals surface area contributed by atoms with Gasteiger partial charge in [0, 0.05) is 42.0 Å². The third kappa shape index (κ3) is 5.63. The summed E-state index contributed by atoms with van der Waals surface area (Å²) >= 11 is 5.88. The number of benzene rings is 1. The van der Waals surface area contributed by atoms with Gasteiger partial charge in [-0.3, -0.25) is 0 Å². The molecule has 2 aliphatic rings. The van der Waals surface area contributed by atoms with Crippen molar-refractivity contribution in [2.45, 2.75) is 44.9 Å². The lowest BCUT2D eigenvalue weighted by molar-refractivity contribution is -0.137. The highest BCUT2D eigenvalue weighted by Crippen LogP contribution is 2.40. The smallest absolute Gasteiger partial charge is 0.390 e. The number of piperidine rings is 1. The Morgan fingerprint density at radius 2 is 1.86 bits per heavy atom. The molecular weight excluding hydrogens is 502 g/mol. The van der Waals surface area contributed by atoms with Gasteiger partial charge >= 0.3 is 12.2 Å². The van der Waals surface area contributed by atoms with Crippen molar-refractivity contribution in [2.75, 3.05) is 23.3 Å². The molecule has 0 radical (unpaired) electrons. The van der Waals surface area contributed by atoms with Crippen LogP contribution in [0.1, 0.15) is 25.0 Å². The molecule has 1 aliphatic carbocycles. The van der Waals surface area contributed by atoms with Crippen molar-refractivity contribution in [2.24, 2.45) is 11.8 Å². The molecule has 1 aliphatic heterocycles. The topological polar surface area (TPSA) is 81.0 Å². The van der Waals surface area contributed by atoms with Crippen LogP contribution in [0.2, 0.25) is 5.02 Å². The second-order valence-corrected chi connectivity index (χ2v) is 9.64. The van der Waals surface area contributed by atoms with E-state index in [2.05, 4.69) is 30.3 Å². The van der Waals surface area contributed by atoms with E-state index in [9.17, 15) is 17.6 Å². The van der Waals surface area contributed by atoms with Gasteiger partial charge in [0.05, 0.1) is 13.0 Å². The SMILES string of the molecule is Cc1cc(N2C[C@H]3CC[C@@H](C2)[C@@H]3Nc2nc(Oc3cc(F)cc(Cl)c3)n(CCC(F)(F)F)n2)ncn1. The van der Waals surface area contributed by atoms with E-state index in [1.54, 1.807) is 6.33 Å². The maximum absolute atomic E-state index is 13.7. The minimum Gasteiger partial charge on any atom is -0.424 e. The number of ether oxygens (including phenoxy) is 1. The van der Waals surface area contributed by atoms with E-state index in [1.807, 2.05) is 13.0 Å². The van der Waals surface area contributed by atoms with Gasteiger partial charge in [-0.2, -0.15) is 18.2 Å². The Balaban J connectivity index is 1.34. The Hall–Kier alpha value is -3.15. The molecule has 0 amide bonds. The van der Waals surface area contributed by atoms with Crippen LogP contribution in [0.15, 0.2) is 30.6 Å². The van der Waals surface area contributed by atoms with Gasteiger partial charge in [-0.15, -0.1) is 5.10 Å². The number of nitrogens with zero attached hydrogens (tertiary/aromatic N) is 6. The van der Waals surface area contributed by atoms with Gasteiger partial charge in [0.2, 0.25) is 5.95 Å². The average Bonchev–Trinajstić information content (AvgIpc) is 3.26. The van der Waals surface area contributed by atoms with Crippen LogP contribution in [0.5, 0.6) is 11.8 Å². The predicted octanol–water partition coefficient (Wildman–Crippen LogP) is 5.24. The van der Waals surface area contributed by atoms with E-state index >= 15 is 0 Å². The van der Waals surface area contributed by atoms with Crippen molar-refractivity contribution < 1.29 is 22.3 Å². The molecule has 1 N–H and O–H groups in total. The molecule has 2 fully saturated rings. The third-order valence-corrected chi connectivity index (χ3v) is 6.75. The first-order chi connectivity index (χ1) is 17.1. The Kier molecular flexibility index (Phi) is 6.62. The first kappa shape index (κ1) is 24.5. The maximum atomic E-state index is 13.7. The molecule has 1 aromatic carbocycles. The van der Waals surface area contributed by atoms with Crippen LogP contribution < -0.4 is 15.0 Å². The summed E-state index contributed by atoms with van der Waals surface area (Å²) < 4.78 is 59.1. The molecule has 1 saturated carbocycles. The van der Waals surface area contributed by atoms with Crippen molar-refractivity contribution in [3.63, 3.8) is 0 Å². The van der Waals surface area contributed by atoms with Gasteiger partial charge in [0.1, 0.15) is 23.7 Å². The molecule has 36 heavy (non-hydrogen) atoms. The Morgan fingerprint density at radius 1 is 1.11 bits per heavy atom. The van der Waals surface area contributed by atoms with E-state index < -0.39 is 25.0 Å². The van der Waals surface area contributed by atoms with E-state index in [4.69, 9.17) is 16.3 Å². The summed E-state index contributed by atoms with van der Waals surface area (Å²) in [5, 5.41) is 7.66. The number of halogens is 5. The van der Waals surface area contributed by atoms with Crippen molar-refractivity contribution in [3.8, 4) is 11.8 Å². The zero-order valence-electron chi connectivity index (χ0n) is 19.3. The Bertz CT molecular complexity index is 1200. The summed E-state index contributed by atoms with van der Waals surface area (Å²) in [5.74, 6) is 1.000. The molecule has 0 unspecified atom stereocenters. The molecule has 3 atom stereocenters. The second kappa shape index (κ2) is 9.72. The molecule has 2 bridgehead atoms. The number of alkyl halides is 3. The van der Waals surface area contributed by atoms with Gasteiger partial charge in [-0.1, -0.05) is 11.6 Å². The largest absolute Gasteiger partial charge is 0.424 e. The number of rotatable bonds is 7. The van der Waals surface area contributed by atoms with Crippen LogP contribution in [0.25, 0.3) is 0 Å². The number of anilines is 2. The Labute approximate surface area is 209 Å². The summed E-state index contributed by atoms with van der Waals surface area (Å²) in [5.41, 5.74) is 0.897. The summed E-state index contributed by atoms with van der Waals surface area (Å²) in [6.45, 7) is 3.00. The summed E-state index contributed by atoms with van der Waals surface area (Å²) in [4.78, 5) is 15.1. The zero-order chi connectivity index (χ0) is 25.4. The number of nitrogens with one attached hydrogen (secondary N) is 1. The fourth-order valence-electron chi connectivity index (χ4n) is 4.94. The number of fused-ring (bicyclic) bond motifs is 2. The molecule has 13 heteroatoms. The van der Waals surface area contributed by atoms with Gasteiger partial charge in [0.25, 0.3) is 0 Å². The molecule has 3 aromatic rings. The van der Waals surface area contributed by atoms with E-state index in [0.717, 1.165) is 54.3 Å². The number of aromatic nitrogens is 5. The maximum Gasteiger partial charge on any atom is 0.390 e. The van der Waals surface area contributed by atoms with Gasteiger partial charge in [-0.25, -0.2) is 19.0 Å². The third-order valence-electron chi connectivity index (χ3n) is 6.53. The molecule has 1 saturated heterocycles. The van der Waals surface area contributed by atoms with E-state index in [0.29, 0.717) is 0 Å². The molecule has 0 spiro atoms. The number of hydrogen-bond donors (Lipinski definition) is 1. The molecule has 2 aromatic heterocycles. The second-order valence-electron chi connectivity index (χ2n) is 9.20. The lowest BCUT2D eigenvalue weighted by Gasteiger charge is -2.38. The summed E-state index contributed by atoms with van der Waals surface area (Å²) in [6.07, 6.45) is -1.93. The van der Waals surface area contributed by atoms with Crippen LogP contribution in [0.4, 0.5) is 29.3 Å². The normalized spacial score (nSPS) is 21.6. The summed E-state index contributed by atoms with van der Waals surface area (Å²) in [7, 11) is 0. The van der Waals surface area contributed by atoms with Crippen molar-refractivity contribution in [3.05, 3.63) is 47.1 Å². The average molecular weight is 526 g/mol. The summed E-state index contributed by atoms with van der Waals surface area (Å²) in [6, 6.07) is 5.36. The van der Waals surface area contributed by atoms with E-state index in [-0.39, 0.29) is 40.6 Å². The first-order valence-corrected chi connectivity index (χ1v) is 12.0. The zero-order valence-corrected chi connectivity index (χ0v) is 20.1. The highest BCUT2D eigenvalue weighted by atomic mass is 35.5. The first-order valence-electron chi connectivity index (χ1n) is 11.6. The van der Waals surface area contributed by atoms with Crippen LogP contribution in [0, 0.1) is 24.6 Å². The lowest BCUT2D eigenvalue weighted by atomic mass is 9.92. The van der Waals surface area contributed by atoms with Gasteiger partial charge < -0.3 is 15.0 Å². The molecule has 3 heterocycles. The Morgan fingerprint density at radius 3 is 2.53 bits per heavy atom. The van der Waals surface area contributed by atoms with Gasteiger partial charge in [-0.05, 0) is 43.7 Å². The molecule has 5 rings (SSSR count). The fraction of sp³-hybridized carbons (Fsp3) is 0.478. The van der Waals surface area contributed by atoms with E-state index in [1.165, 1.54) is 6.07 Å². The highest BCUT2D eigenvalue weighted by molar-refractivity contribution is 6.30. The van der Waals surface area contributed by atoms with Crippen molar-refractivity contribution >= 4 is 23.4 Å². The molecule has 8 nitrogen and oxygen atoms in total. The molecule has 192 valence electrons. The van der Waals surface area contributed by atoms with Crippen LogP contribution in [0.3, 0.4) is 0 Å². The highest BCUT2D eigenvalue weighted by Gasteiger charge is 2.43. The van der Waals surface area contributed by atoms with Crippen molar-refractivity contribution in [1.29, 1.82) is 0 Å². The fourth-order valence-corrected chi connectivity index (χ4v) is 5.16. The van der Waals surface area contributed by atoms with Crippen LogP contribution in [-0.4, -0.2) is 50.0 Å². The minimum atomic E-state index is -4.38. The quantitative estimate of drug-likeness (QED) is 0.422.